The largest absolute Gasteiger partial charge is 0.393 e. The summed E-state index contributed by atoms with van der Waals surface area (Å²) < 4.78 is 0. The van der Waals surface area contributed by atoms with Gasteiger partial charge in [-0.2, -0.15) is 0 Å². The molecule has 0 aromatic rings. The summed E-state index contributed by atoms with van der Waals surface area (Å²) in [7, 11) is 1.88. The SMILES string of the molecule is CCC(C)(C)C1CCC(O)CC1N1CCCN(C)C1=O. The molecule has 0 bridgehead atoms. The second-order valence-electron chi connectivity index (χ2n) is 7.23. The van der Waals surface area contributed by atoms with Gasteiger partial charge in [-0.05, 0) is 37.0 Å². The lowest BCUT2D eigenvalue weighted by atomic mass is 9.66. The van der Waals surface area contributed by atoms with Crippen LogP contribution >= 0.6 is 0 Å². The third kappa shape index (κ3) is 2.95. The van der Waals surface area contributed by atoms with Gasteiger partial charge in [0.2, 0.25) is 0 Å². The van der Waals surface area contributed by atoms with Crippen LogP contribution in [0.2, 0.25) is 0 Å². The van der Waals surface area contributed by atoms with Gasteiger partial charge in [0.25, 0.3) is 0 Å². The van der Waals surface area contributed by atoms with Crippen molar-refractivity contribution in [3.8, 4) is 0 Å². The van der Waals surface area contributed by atoms with Crippen molar-refractivity contribution in [3.05, 3.63) is 0 Å². The fourth-order valence-corrected chi connectivity index (χ4v) is 3.84. The maximum absolute atomic E-state index is 12.5. The first kappa shape index (κ1) is 15.6. The monoisotopic (exact) mass is 282 g/mol. The zero-order valence-corrected chi connectivity index (χ0v) is 13.4. The zero-order valence-electron chi connectivity index (χ0n) is 13.4. The summed E-state index contributed by atoms with van der Waals surface area (Å²) in [6.07, 6.45) is 4.55. The molecule has 1 N–H and O–H groups in total. The third-order valence-corrected chi connectivity index (χ3v) is 5.57. The fourth-order valence-electron chi connectivity index (χ4n) is 3.84. The van der Waals surface area contributed by atoms with Crippen molar-refractivity contribution in [1.29, 1.82) is 0 Å². The Kier molecular flexibility index (Phi) is 4.62. The smallest absolute Gasteiger partial charge is 0.320 e. The molecule has 2 amide bonds. The minimum atomic E-state index is -0.246. The predicted octanol–water partition coefficient (Wildman–Crippen LogP) is 2.71. The molecule has 1 aliphatic heterocycles. The van der Waals surface area contributed by atoms with Crippen LogP contribution in [-0.4, -0.2) is 53.2 Å². The standard InChI is InChI=1S/C16H30N2O2/c1-5-16(2,3)13-8-7-12(19)11-14(13)18-10-6-9-17(4)15(18)20/h12-14,19H,5-11H2,1-4H3. The molecule has 1 aliphatic carbocycles. The van der Waals surface area contributed by atoms with E-state index in [4.69, 9.17) is 0 Å². The molecular formula is C16H30N2O2. The number of amides is 2. The van der Waals surface area contributed by atoms with Gasteiger partial charge < -0.3 is 14.9 Å². The molecule has 1 saturated carbocycles. The molecule has 3 atom stereocenters. The van der Waals surface area contributed by atoms with Crippen molar-refractivity contribution >= 4 is 6.03 Å². The van der Waals surface area contributed by atoms with Gasteiger partial charge in [-0.1, -0.05) is 27.2 Å². The molecule has 116 valence electrons. The Labute approximate surface area is 123 Å². The van der Waals surface area contributed by atoms with E-state index in [0.29, 0.717) is 5.92 Å². The second-order valence-corrected chi connectivity index (χ2v) is 7.23. The molecule has 2 aliphatic rings. The van der Waals surface area contributed by atoms with Crippen LogP contribution in [0.4, 0.5) is 4.79 Å². The maximum Gasteiger partial charge on any atom is 0.320 e. The number of carbonyl (C=O) groups excluding carboxylic acids is 1. The summed E-state index contributed by atoms with van der Waals surface area (Å²) in [5, 5.41) is 10.1. The van der Waals surface area contributed by atoms with Crippen LogP contribution < -0.4 is 0 Å². The van der Waals surface area contributed by atoms with E-state index in [-0.39, 0.29) is 23.6 Å². The summed E-state index contributed by atoms with van der Waals surface area (Å²) in [6.45, 7) is 8.54. The summed E-state index contributed by atoms with van der Waals surface area (Å²) in [6, 6.07) is 0.344. The van der Waals surface area contributed by atoms with E-state index in [1.165, 1.54) is 0 Å². The molecule has 0 aromatic carbocycles. The van der Waals surface area contributed by atoms with Crippen LogP contribution in [0.3, 0.4) is 0 Å². The van der Waals surface area contributed by atoms with E-state index < -0.39 is 0 Å². The first-order valence-electron chi connectivity index (χ1n) is 8.06. The normalized spacial score (nSPS) is 32.6. The molecular weight excluding hydrogens is 252 g/mol. The van der Waals surface area contributed by atoms with Gasteiger partial charge in [0.15, 0.2) is 0 Å². The molecule has 0 spiro atoms. The molecule has 20 heavy (non-hydrogen) atoms. The van der Waals surface area contributed by atoms with Crippen LogP contribution in [0, 0.1) is 11.3 Å². The summed E-state index contributed by atoms with van der Waals surface area (Å²) >= 11 is 0. The average Bonchev–Trinajstić information content (AvgIpc) is 2.41. The number of rotatable bonds is 3. The number of aliphatic hydroxyl groups excluding tert-OH is 1. The Balaban J connectivity index is 2.21. The summed E-state index contributed by atoms with van der Waals surface area (Å²) in [5.41, 5.74) is 0.223. The first-order chi connectivity index (χ1) is 9.36. The number of nitrogens with zero attached hydrogens (tertiary/aromatic N) is 2. The van der Waals surface area contributed by atoms with Gasteiger partial charge in [0, 0.05) is 26.2 Å². The van der Waals surface area contributed by atoms with Crippen molar-refractivity contribution in [2.45, 2.75) is 65.0 Å². The van der Waals surface area contributed by atoms with Gasteiger partial charge in [-0.15, -0.1) is 0 Å². The van der Waals surface area contributed by atoms with E-state index >= 15 is 0 Å². The van der Waals surface area contributed by atoms with Gasteiger partial charge >= 0.3 is 6.03 Å². The number of urea groups is 1. The Morgan fingerprint density at radius 2 is 2.00 bits per heavy atom. The van der Waals surface area contributed by atoms with Crippen molar-refractivity contribution < 1.29 is 9.90 Å². The molecule has 1 heterocycles. The number of hydrogen-bond donors (Lipinski definition) is 1. The lowest BCUT2D eigenvalue weighted by Gasteiger charge is -2.50. The number of hydrogen-bond acceptors (Lipinski definition) is 2. The van der Waals surface area contributed by atoms with Crippen LogP contribution in [0.5, 0.6) is 0 Å². The molecule has 0 radical (unpaired) electrons. The third-order valence-electron chi connectivity index (χ3n) is 5.57. The fraction of sp³-hybridized carbons (Fsp3) is 0.938. The second kappa shape index (κ2) is 5.92. The highest BCUT2D eigenvalue weighted by Crippen LogP contribution is 2.43. The lowest BCUT2D eigenvalue weighted by Crippen LogP contribution is -2.57. The van der Waals surface area contributed by atoms with Crippen molar-refractivity contribution in [3.63, 3.8) is 0 Å². The van der Waals surface area contributed by atoms with Gasteiger partial charge in [0.05, 0.1) is 6.10 Å². The number of aliphatic hydroxyl groups is 1. The van der Waals surface area contributed by atoms with E-state index in [9.17, 15) is 9.90 Å². The van der Waals surface area contributed by atoms with Gasteiger partial charge in [-0.25, -0.2) is 4.79 Å². The minimum Gasteiger partial charge on any atom is -0.393 e. The average molecular weight is 282 g/mol. The molecule has 0 aromatic heterocycles. The predicted molar refractivity (Wildman–Crippen MR) is 80.6 cm³/mol. The number of carbonyl (C=O) groups is 1. The maximum atomic E-state index is 12.5. The lowest BCUT2D eigenvalue weighted by molar-refractivity contribution is -0.0141. The topological polar surface area (TPSA) is 43.8 Å². The molecule has 3 unspecified atom stereocenters. The van der Waals surface area contributed by atoms with E-state index in [0.717, 1.165) is 45.2 Å². The van der Waals surface area contributed by atoms with Crippen LogP contribution in [-0.2, 0) is 0 Å². The summed E-state index contributed by atoms with van der Waals surface area (Å²) in [5.74, 6) is 0.492. The highest BCUT2D eigenvalue weighted by atomic mass is 16.3. The van der Waals surface area contributed by atoms with E-state index in [2.05, 4.69) is 20.8 Å². The van der Waals surface area contributed by atoms with Crippen molar-refractivity contribution in [1.82, 2.24) is 9.80 Å². The Morgan fingerprint density at radius 1 is 1.30 bits per heavy atom. The van der Waals surface area contributed by atoms with Crippen LogP contribution in [0.1, 0.15) is 52.9 Å². The Bertz CT molecular complexity index is 356. The van der Waals surface area contributed by atoms with Gasteiger partial charge in [-0.3, -0.25) is 0 Å². The summed E-state index contributed by atoms with van der Waals surface area (Å²) in [4.78, 5) is 16.3. The Morgan fingerprint density at radius 3 is 2.65 bits per heavy atom. The molecule has 2 rings (SSSR count). The van der Waals surface area contributed by atoms with Crippen LogP contribution in [0.15, 0.2) is 0 Å². The molecule has 2 fully saturated rings. The molecule has 4 heteroatoms. The molecule has 1 saturated heterocycles. The van der Waals surface area contributed by atoms with Gasteiger partial charge in [0.1, 0.15) is 0 Å². The first-order valence-corrected chi connectivity index (χ1v) is 8.06. The quantitative estimate of drug-likeness (QED) is 0.865. The highest BCUT2D eigenvalue weighted by molar-refractivity contribution is 5.75. The van der Waals surface area contributed by atoms with E-state index in [1.807, 2.05) is 16.8 Å². The molecule has 4 nitrogen and oxygen atoms in total. The minimum absolute atomic E-state index is 0.146. The van der Waals surface area contributed by atoms with Crippen molar-refractivity contribution in [2.75, 3.05) is 20.1 Å². The van der Waals surface area contributed by atoms with Crippen LogP contribution in [0.25, 0.3) is 0 Å². The zero-order chi connectivity index (χ0) is 14.9. The Hall–Kier alpha value is -0.770. The van der Waals surface area contributed by atoms with E-state index in [1.54, 1.807) is 0 Å². The highest BCUT2D eigenvalue weighted by Gasteiger charge is 2.43. The van der Waals surface area contributed by atoms with Crippen molar-refractivity contribution in [2.24, 2.45) is 11.3 Å².